The maximum absolute atomic E-state index is 12.3. The molecule has 0 spiro atoms. The van der Waals surface area contributed by atoms with Crippen LogP contribution in [0.2, 0.25) is 0 Å². The molecule has 0 aliphatic carbocycles. The molecular formula is C17H22N2O4S. The van der Waals surface area contributed by atoms with Crippen LogP contribution in [0.4, 0.5) is 5.69 Å². The number of esters is 1. The van der Waals surface area contributed by atoms with Crippen LogP contribution in [0.1, 0.15) is 26.7 Å². The van der Waals surface area contributed by atoms with Crippen molar-refractivity contribution in [3.05, 3.63) is 24.3 Å². The Morgan fingerprint density at radius 1 is 1.33 bits per heavy atom. The highest BCUT2D eigenvalue weighted by atomic mass is 32.2. The van der Waals surface area contributed by atoms with E-state index in [-0.39, 0.29) is 24.2 Å². The zero-order chi connectivity index (χ0) is 17.7. The molecule has 6 nitrogen and oxygen atoms in total. The van der Waals surface area contributed by atoms with Crippen LogP contribution in [-0.4, -0.2) is 36.2 Å². The molecule has 0 saturated carbocycles. The Morgan fingerprint density at radius 3 is 2.71 bits per heavy atom. The van der Waals surface area contributed by atoms with E-state index in [1.54, 1.807) is 0 Å². The first kappa shape index (κ1) is 18.3. The number of anilines is 1. The summed E-state index contributed by atoms with van der Waals surface area (Å²) in [6.07, 6.45) is 0.502. The van der Waals surface area contributed by atoms with Crippen LogP contribution >= 0.6 is 11.8 Å². The van der Waals surface area contributed by atoms with Gasteiger partial charge in [-0.2, -0.15) is 0 Å². The van der Waals surface area contributed by atoms with Crippen LogP contribution in [0.25, 0.3) is 0 Å². The van der Waals surface area contributed by atoms with Crippen molar-refractivity contribution >= 4 is 35.2 Å². The zero-order valence-electron chi connectivity index (χ0n) is 14.0. The van der Waals surface area contributed by atoms with E-state index >= 15 is 0 Å². The predicted molar refractivity (Wildman–Crippen MR) is 92.7 cm³/mol. The highest BCUT2D eigenvalue weighted by Crippen LogP contribution is 2.36. The topological polar surface area (TPSA) is 84.5 Å². The number of carbonyl (C=O) groups is 3. The minimum absolute atomic E-state index is 0.0103. The molecule has 0 aromatic heterocycles. The molecule has 1 aromatic carbocycles. The summed E-state index contributed by atoms with van der Waals surface area (Å²) in [4.78, 5) is 37.1. The average molecular weight is 350 g/mol. The van der Waals surface area contributed by atoms with Gasteiger partial charge in [-0.15, -0.1) is 11.8 Å². The van der Waals surface area contributed by atoms with Gasteiger partial charge in [-0.1, -0.05) is 26.0 Å². The molecule has 0 fully saturated rings. The molecule has 24 heavy (non-hydrogen) atoms. The number of benzene rings is 1. The highest BCUT2D eigenvalue weighted by molar-refractivity contribution is 8.01. The van der Waals surface area contributed by atoms with Crippen LogP contribution in [-0.2, 0) is 19.1 Å². The van der Waals surface area contributed by atoms with E-state index in [1.807, 2.05) is 38.1 Å². The Morgan fingerprint density at radius 2 is 2.04 bits per heavy atom. The lowest BCUT2D eigenvalue weighted by molar-refractivity contribution is -0.145. The molecule has 2 rings (SSSR count). The second-order valence-electron chi connectivity index (χ2n) is 6.07. The smallest absolute Gasteiger partial charge is 0.328 e. The molecule has 1 aliphatic heterocycles. The molecule has 7 heteroatoms. The number of rotatable bonds is 6. The number of methoxy groups -OCH3 is 1. The first-order valence-electron chi connectivity index (χ1n) is 7.84. The van der Waals surface area contributed by atoms with Gasteiger partial charge in [-0.05, 0) is 24.5 Å². The number of ether oxygens (including phenoxy) is 1. The number of nitrogens with one attached hydrogen (secondary N) is 2. The maximum Gasteiger partial charge on any atom is 0.328 e. The maximum atomic E-state index is 12.3. The van der Waals surface area contributed by atoms with Crippen molar-refractivity contribution in [2.45, 2.75) is 42.9 Å². The molecule has 2 N–H and O–H groups in total. The van der Waals surface area contributed by atoms with Gasteiger partial charge in [0.25, 0.3) is 0 Å². The van der Waals surface area contributed by atoms with Crippen molar-refractivity contribution in [2.75, 3.05) is 12.4 Å². The van der Waals surface area contributed by atoms with E-state index in [1.165, 1.54) is 18.9 Å². The molecule has 0 unspecified atom stereocenters. The Kier molecular flexibility index (Phi) is 6.25. The van der Waals surface area contributed by atoms with Crippen LogP contribution in [0, 0.1) is 5.92 Å². The standard InChI is InChI=1S/C17H22N2O4S/c1-10(2)8-12(17(22)23-3)18-15(20)9-14-16(21)19-11-6-4-5-7-13(11)24-14/h4-7,10,12,14H,8-9H2,1-3H3,(H,18,20)(H,19,21)/t12-,14+/m0/s1. The van der Waals surface area contributed by atoms with Crippen molar-refractivity contribution in [2.24, 2.45) is 5.92 Å². The van der Waals surface area contributed by atoms with Gasteiger partial charge < -0.3 is 15.4 Å². The van der Waals surface area contributed by atoms with Crippen molar-refractivity contribution < 1.29 is 19.1 Å². The normalized spacial score (nSPS) is 17.7. The van der Waals surface area contributed by atoms with Crippen LogP contribution < -0.4 is 10.6 Å². The van der Waals surface area contributed by atoms with Gasteiger partial charge >= 0.3 is 5.97 Å². The summed E-state index contributed by atoms with van der Waals surface area (Å²) < 4.78 is 4.73. The number of hydrogen-bond acceptors (Lipinski definition) is 5. The largest absolute Gasteiger partial charge is 0.467 e. The second-order valence-corrected chi connectivity index (χ2v) is 7.31. The highest BCUT2D eigenvalue weighted by Gasteiger charge is 2.30. The van der Waals surface area contributed by atoms with Crippen molar-refractivity contribution in [1.29, 1.82) is 0 Å². The van der Waals surface area contributed by atoms with E-state index in [0.717, 1.165) is 10.6 Å². The first-order chi connectivity index (χ1) is 11.4. The summed E-state index contributed by atoms with van der Waals surface area (Å²) in [7, 11) is 1.29. The van der Waals surface area contributed by atoms with E-state index in [0.29, 0.717) is 6.42 Å². The summed E-state index contributed by atoms with van der Waals surface area (Å²) in [5, 5.41) is 4.97. The summed E-state index contributed by atoms with van der Waals surface area (Å²) in [6, 6.07) is 6.77. The van der Waals surface area contributed by atoms with Gasteiger partial charge in [0.1, 0.15) is 6.04 Å². The van der Waals surface area contributed by atoms with Crippen molar-refractivity contribution in [3.63, 3.8) is 0 Å². The molecule has 2 atom stereocenters. The molecule has 0 saturated heterocycles. The molecule has 1 heterocycles. The minimum Gasteiger partial charge on any atom is -0.467 e. The fourth-order valence-electron chi connectivity index (χ4n) is 2.48. The van der Waals surface area contributed by atoms with Gasteiger partial charge in [0, 0.05) is 11.3 Å². The van der Waals surface area contributed by atoms with E-state index in [2.05, 4.69) is 10.6 Å². The number of amides is 2. The van der Waals surface area contributed by atoms with Gasteiger partial charge in [-0.25, -0.2) is 4.79 Å². The van der Waals surface area contributed by atoms with Crippen molar-refractivity contribution in [1.82, 2.24) is 5.32 Å². The summed E-state index contributed by atoms with van der Waals surface area (Å²) in [5.74, 6) is -0.776. The number of fused-ring (bicyclic) bond motifs is 1. The lowest BCUT2D eigenvalue weighted by Gasteiger charge is -2.24. The third-order valence-electron chi connectivity index (χ3n) is 3.61. The van der Waals surface area contributed by atoms with Crippen LogP contribution in [0.3, 0.4) is 0 Å². The number of para-hydroxylation sites is 1. The Balaban J connectivity index is 1.98. The van der Waals surface area contributed by atoms with Crippen LogP contribution in [0.5, 0.6) is 0 Å². The monoisotopic (exact) mass is 350 g/mol. The van der Waals surface area contributed by atoms with Gasteiger partial charge in [0.2, 0.25) is 11.8 Å². The lowest BCUT2D eigenvalue weighted by Crippen LogP contribution is -2.44. The summed E-state index contributed by atoms with van der Waals surface area (Å²) >= 11 is 1.36. The van der Waals surface area contributed by atoms with E-state index in [9.17, 15) is 14.4 Å². The van der Waals surface area contributed by atoms with Gasteiger partial charge in [0.15, 0.2) is 0 Å². The summed E-state index contributed by atoms with van der Waals surface area (Å²) in [5.41, 5.74) is 0.761. The molecule has 130 valence electrons. The molecule has 2 amide bonds. The van der Waals surface area contributed by atoms with Gasteiger partial charge in [-0.3, -0.25) is 9.59 Å². The molecule has 0 bridgehead atoms. The Hall–Kier alpha value is -2.02. The third kappa shape index (κ3) is 4.74. The molecule has 1 aliphatic rings. The predicted octanol–water partition coefficient (Wildman–Crippen LogP) is 2.19. The Bertz CT molecular complexity index is 633. The van der Waals surface area contributed by atoms with E-state index < -0.39 is 17.3 Å². The quantitative estimate of drug-likeness (QED) is 0.768. The lowest BCUT2D eigenvalue weighted by atomic mass is 10.0. The second kappa shape index (κ2) is 8.19. The first-order valence-corrected chi connectivity index (χ1v) is 8.72. The summed E-state index contributed by atoms with van der Waals surface area (Å²) in [6.45, 7) is 3.92. The SMILES string of the molecule is COC(=O)[C@H](CC(C)C)NC(=O)C[C@H]1Sc2ccccc2NC1=O. The fraction of sp³-hybridized carbons (Fsp3) is 0.471. The zero-order valence-corrected chi connectivity index (χ0v) is 14.8. The van der Waals surface area contributed by atoms with Gasteiger partial charge in [0.05, 0.1) is 18.0 Å². The fourth-order valence-corrected chi connectivity index (χ4v) is 3.59. The third-order valence-corrected chi connectivity index (χ3v) is 4.88. The average Bonchev–Trinajstić information content (AvgIpc) is 2.53. The number of hydrogen-bond donors (Lipinski definition) is 2. The minimum atomic E-state index is -0.688. The Labute approximate surface area is 145 Å². The molecular weight excluding hydrogens is 328 g/mol. The molecule has 1 aromatic rings. The van der Waals surface area contributed by atoms with Crippen molar-refractivity contribution in [3.8, 4) is 0 Å². The molecule has 0 radical (unpaired) electrons. The van der Waals surface area contributed by atoms with Crippen LogP contribution in [0.15, 0.2) is 29.2 Å². The number of carbonyl (C=O) groups excluding carboxylic acids is 3. The number of thioether (sulfide) groups is 1. The van der Waals surface area contributed by atoms with E-state index in [4.69, 9.17) is 4.74 Å².